The summed E-state index contributed by atoms with van der Waals surface area (Å²) >= 11 is 0. The van der Waals surface area contributed by atoms with Crippen LogP contribution in [0.5, 0.6) is 0 Å². The first-order valence-electron chi connectivity index (χ1n) is 9.90. The van der Waals surface area contributed by atoms with Gasteiger partial charge in [0.05, 0.1) is 17.6 Å². The van der Waals surface area contributed by atoms with Crippen LogP contribution in [0.4, 0.5) is 47.1 Å². The summed E-state index contributed by atoms with van der Waals surface area (Å²) in [5.41, 5.74) is 18.7. The highest BCUT2D eigenvalue weighted by Gasteiger charge is 2.15. The van der Waals surface area contributed by atoms with Crippen molar-refractivity contribution in [3.63, 3.8) is 0 Å². The van der Waals surface area contributed by atoms with Gasteiger partial charge in [-0.2, -0.15) is 29.9 Å². The largest absolute Gasteiger partial charge is 0.467 e. The van der Waals surface area contributed by atoms with Crippen LogP contribution in [0.25, 0.3) is 0 Å². The van der Waals surface area contributed by atoms with Crippen LogP contribution >= 0.6 is 0 Å². The molecular formula is C19H24N12O2. The normalized spacial score (nSPS) is 10.9. The Labute approximate surface area is 188 Å². The number of rotatable bonds is 8. The lowest BCUT2D eigenvalue weighted by molar-refractivity contribution is 0.508. The Kier molecular flexibility index (Phi) is 5.80. The Balaban J connectivity index is 1.41. The van der Waals surface area contributed by atoms with Gasteiger partial charge in [-0.25, -0.2) is 0 Å². The molecule has 0 saturated carbocycles. The molecule has 4 heterocycles. The Bertz CT molecular complexity index is 1230. The minimum absolute atomic E-state index is 0.0445. The first kappa shape index (κ1) is 21.6. The van der Waals surface area contributed by atoms with E-state index in [1.54, 1.807) is 30.5 Å². The predicted octanol–water partition coefficient (Wildman–Crippen LogP) is 1.49. The van der Waals surface area contributed by atoms with Crippen LogP contribution in [-0.2, 0) is 6.42 Å². The van der Waals surface area contributed by atoms with Gasteiger partial charge in [-0.3, -0.25) is 0 Å². The molecule has 172 valence electrons. The van der Waals surface area contributed by atoms with Crippen molar-refractivity contribution in [1.29, 1.82) is 0 Å². The highest BCUT2D eigenvalue weighted by molar-refractivity contribution is 5.58. The third kappa shape index (κ3) is 5.00. The summed E-state index contributed by atoms with van der Waals surface area (Å²) in [4.78, 5) is 28.3. The van der Waals surface area contributed by atoms with E-state index in [4.69, 9.17) is 26.0 Å². The summed E-state index contributed by atoms with van der Waals surface area (Å²) < 4.78 is 11.0. The van der Waals surface area contributed by atoms with Crippen molar-refractivity contribution in [2.75, 3.05) is 53.0 Å². The van der Waals surface area contributed by atoms with Crippen LogP contribution < -0.4 is 32.3 Å². The molecule has 0 saturated heterocycles. The zero-order chi connectivity index (χ0) is 23.5. The first-order valence-corrected chi connectivity index (χ1v) is 9.90. The van der Waals surface area contributed by atoms with E-state index < -0.39 is 0 Å². The lowest BCUT2D eigenvalue weighted by Gasteiger charge is -2.17. The topological polar surface area (TPSA) is 200 Å². The molecule has 0 unspecified atom stereocenters. The van der Waals surface area contributed by atoms with Gasteiger partial charge in [0.1, 0.15) is 17.8 Å². The fourth-order valence-corrected chi connectivity index (χ4v) is 2.96. The molecule has 4 rings (SSSR count). The number of nitrogens with two attached hydrogens (primary N) is 3. The smallest absolute Gasteiger partial charge is 0.236 e. The van der Waals surface area contributed by atoms with Gasteiger partial charge < -0.3 is 41.2 Å². The van der Waals surface area contributed by atoms with Crippen LogP contribution in [0.15, 0.2) is 33.5 Å². The van der Waals surface area contributed by atoms with Gasteiger partial charge in [0.25, 0.3) is 0 Å². The van der Waals surface area contributed by atoms with E-state index in [9.17, 15) is 0 Å². The molecule has 0 aliphatic rings. The van der Waals surface area contributed by atoms with Crippen LogP contribution in [0.1, 0.15) is 11.5 Å². The van der Waals surface area contributed by atoms with Crippen molar-refractivity contribution in [2.45, 2.75) is 13.3 Å². The number of aromatic nitrogens is 6. The Morgan fingerprint density at radius 2 is 1.61 bits per heavy atom. The average molecular weight is 452 g/mol. The molecule has 0 radical (unpaired) electrons. The summed E-state index contributed by atoms with van der Waals surface area (Å²) in [6, 6.07) is 3.66. The maximum absolute atomic E-state index is 5.87. The maximum Gasteiger partial charge on any atom is 0.236 e. The number of likely N-dealkylation sites (N-methyl/N-ethyl adjacent to an activating group) is 1. The molecule has 0 fully saturated rings. The summed E-state index contributed by atoms with van der Waals surface area (Å²) in [5, 5.41) is 3.08. The van der Waals surface area contributed by atoms with Crippen molar-refractivity contribution < 1.29 is 8.83 Å². The molecule has 4 aromatic heterocycles. The third-order valence-electron chi connectivity index (χ3n) is 4.77. The SMILES string of the molecule is Cc1occc1Nc1nc(N)nc(N(C)CCc2cc(N(C)c3nc(N)nc(N)n3)co2)n1. The molecule has 0 aromatic carbocycles. The molecule has 0 amide bonds. The summed E-state index contributed by atoms with van der Waals surface area (Å²) in [6.07, 6.45) is 3.76. The number of furan rings is 2. The van der Waals surface area contributed by atoms with Crippen molar-refractivity contribution in [3.8, 4) is 0 Å². The molecule has 14 heteroatoms. The predicted molar refractivity (Wildman–Crippen MR) is 123 cm³/mol. The first-order chi connectivity index (χ1) is 15.8. The number of nitrogen functional groups attached to an aromatic ring is 3. The van der Waals surface area contributed by atoms with Crippen LogP contribution in [-0.4, -0.2) is 50.5 Å². The number of anilines is 8. The maximum atomic E-state index is 5.87. The summed E-state index contributed by atoms with van der Waals surface area (Å²) in [6.45, 7) is 2.40. The lowest BCUT2D eigenvalue weighted by Crippen LogP contribution is -2.23. The Morgan fingerprint density at radius 3 is 2.30 bits per heavy atom. The molecule has 0 spiro atoms. The molecule has 0 bridgehead atoms. The fraction of sp³-hybridized carbons (Fsp3) is 0.263. The minimum atomic E-state index is 0.0445. The van der Waals surface area contributed by atoms with E-state index in [0.29, 0.717) is 36.6 Å². The molecule has 0 aliphatic heterocycles. The number of nitrogens with one attached hydrogen (secondary N) is 1. The van der Waals surface area contributed by atoms with E-state index in [1.807, 2.05) is 24.9 Å². The van der Waals surface area contributed by atoms with Gasteiger partial charge in [0.15, 0.2) is 0 Å². The standard InChI is InChI=1S/C19H24N12O2/c1-10-13(5-7-32-10)23-17-25-16(22)26-18(29-17)30(2)6-4-12-8-11(9-33-12)31(3)19-27-14(20)24-15(21)28-19/h5,7-9H,4,6H2,1-3H3,(H4,20,21,24,27,28)(H3,22,23,25,26,29). The lowest BCUT2D eigenvalue weighted by atomic mass is 10.3. The second-order valence-corrected chi connectivity index (χ2v) is 7.19. The Morgan fingerprint density at radius 1 is 0.909 bits per heavy atom. The van der Waals surface area contributed by atoms with E-state index >= 15 is 0 Å². The van der Waals surface area contributed by atoms with Crippen molar-refractivity contribution in [2.24, 2.45) is 0 Å². The Hall–Kier alpha value is -4.62. The molecule has 14 nitrogen and oxygen atoms in total. The van der Waals surface area contributed by atoms with Crippen molar-refractivity contribution in [3.05, 3.63) is 36.2 Å². The van der Waals surface area contributed by atoms with Gasteiger partial charge >= 0.3 is 0 Å². The summed E-state index contributed by atoms with van der Waals surface area (Å²) in [7, 11) is 3.63. The van der Waals surface area contributed by atoms with E-state index in [0.717, 1.165) is 17.1 Å². The quantitative estimate of drug-likeness (QED) is 0.299. The van der Waals surface area contributed by atoms with Crippen LogP contribution in [0.2, 0.25) is 0 Å². The van der Waals surface area contributed by atoms with Crippen molar-refractivity contribution >= 4 is 47.1 Å². The summed E-state index contributed by atoms with van der Waals surface area (Å²) in [5.74, 6) is 2.72. The minimum Gasteiger partial charge on any atom is -0.467 e. The van der Waals surface area contributed by atoms with Gasteiger partial charge in [0, 0.05) is 39.2 Å². The van der Waals surface area contributed by atoms with E-state index in [-0.39, 0.29) is 17.8 Å². The second-order valence-electron chi connectivity index (χ2n) is 7.19. The van der Waals surface area contributed by atoms with E-state index in [1.165, 1.54) is 0 Å². The zero-order valence-corrected chi connectivity index (χ0v) is 18.3. The monoisotopic (exact) mass is 452 g/mol. The fourth-order valence-electron chi connectivity index (χ4n) is 2.96. The van der Waals surface area contributed by atoms with Gasteiger partial charge in [-0.1, -0.05) is 0 Å². The number of hydrogen-bond acceptors (Lipinski definition) is 14. The molecular weight excluding hydrogens is 428 g/mol. The zero-order valence-electron chi connectivity index (χ0n) is 18.3. The third-order valence-corrected chi connectivity index (χ3v) is 4.77. The number of nitrogens with zero attached hydrogens (tertiary/aromatic N) is 8. The van der Waals surface area contributed by atoms with Crippen LogP contribution in [0.3, 0.4) is 0 Å². The molecule has 7 N–H and O–H groups in total. The van der Waals surface area contributed by atoms with Crippen LogP contribution in [0, 0.1) is 6.92 Å². The average Bonchev–Trinajstić information content (AvgIpc) is 3.39. The molecule has 33 heavy (non-hydrogen) atoms. The van der Waals surface area contributed by atoms with Gasteiger partial charge in [-0.15, -0.1) is 0 Å². The van der Waals surface area contributed by atoms with Gasteiger partial charge in [0.2, 0.25) is 35.7 Å². The number of hydrogen-bond donors (Lipinski definition) is 4. The molecule has 0 aliphatic carbocycles. The van der Waals surface area contributed by atoms with Crippen molar-refractivity contribution in [1.82, 2.24) is 29.9 Å². The molecule has 0 atom stereocenters. The van der Waals surface area contributed by atoms with Gasteiger partial charge in [-0.05, 0) is 6.92 Å². The highest BCUT2D eigenvalue weighted by Crippen LogP contribution is 2.24. The number of aryl methyl sites for hydroxylation is 1. The van der Waals surface area contributed by atoms with E-state index in [2.05, 4.69) is 35.2 Å². The second kappa shape index (κ2) is 8.86. The molecule has 4 aromatic rings. The highest BCUT2D eigenvalue weighted by atomic mass is 16.3.